The number of aromatic nitrogens is 1. The molecule has 0 spiro atoms. The molecule has 1 atom stereocenters. The highest BCUT2D eigenvalue weighted by atomic mass is 16.3. The number of hydrogen-bond acceptors (Lipinski definition) is 3. The standard InChI is InChI=1S/C13H14N2O/c1-10(13-7-2-3-8-14-13)15-11-5-4-6-12(16)9-11/h2-10,15-16H,1H3. The van der Waals surface area contributed by atoms with E-state index in [2.05, 4.69) is 10.3 Å². The maximum atomic E-state index is 9.34. The monoisotopic (exact) mass is 214 g/mol. The maximum Gasteiger partial charge on any atom is 0.117 e. The minimum Gasteiger partial charge on any atom is -0.508 e. The van der Waals surface area contributed by atoms with Gasteiger partial charge in [0.2, 0.25) is 0 Å². The average Bonchev–Trinajstić information content (AvgIpc) is 2.30. The van der Waals surface area contributed by atoms with Gasteiger partial charge in [-0.05, 0) is 31.2 Å². The van der Waals surface area contributed by atoms with Crippen molar-refractivity contribution in [1.29, 1.82) is 0 Å². The van der Waals surface area contributed by atoms with Gasteiger partial charge >= 0.3 is 0 Å². The Kier molecular flexibility index (Phi) is 3.05. The number of pyridine rings is 1. The molecule has 1 heterocycles. The van der Waals surface area contributed by atoms with Crippen molar-refractivity contribution in [3.63, 3.8) is 0 Å². The van der Waals surface area contributed by atoms with Gasteiger partial charge in [-0.25, -0.2) is 0 Å². The van der Waals surface area contributed by atoms with Crippen LogP contribution in [0.25, 0.3) is 0 Å². The summed E-state index contributed by atoms with van der Waals surface area (Å²) in [5, 5.41) is 12.6. The molecule has 2 rings (SSSR count). The quantitative estimate of drug-likeness (QED) is 0.825. The Bertz CT molecular complexity index is 456. The van der Waals surface area contributed by atoms with Crippen LogP contribution in [0.15, 0.2) is 48.7 Å². The molecule has 0 bridgehead atoms. The Morgan fingerprint density at radius 3 is 2.75 bits per heavy atom. The summed E-state index contributed by atoms with van der Waals surface area (Å²) in [6.45, 7) is 2.03. The van der Waals surface area contributed by atoms with Crippen molar-refractivity contribution in [2.75, 3.05) is 5.32 Å². The summed E-state index contributed by atoms with van der Waals surface area (Å²) in [4.78, 5) is 4.27. The van der Waals surface area contributed by atoms with Gasteiger partial charge in [-0.3, -0.25) is 4.98 Å². The summed E-state index contributed by atoms with van der Waals surface area (Å²) in [6, 6.07) is 13.0. The minimum absolute atomic E-state index is 0.114. The fourth-order valence-electron chi connectivity index (χ4n) is 1.55. The smallest absolute Gasteiger partial charge is 0.117 e. The molecule has 1 unspecified atom stereocenters. The summed E-state index contributed by atoms with van der Waals surface area (Å²) in [7, 11) is 0. The number of phenolic OH excluding ortho intramolecular Hbond substituents is 1. The number of nitrogens with one attached hydrogen (secondary N) is 1. The van der Waals surface area contributed by atoms with Gasteiger partial charge in [0.15, 0.2) is 0 Å². The second-order valence-electron chi connectivity index (χ2n) is 3.67. The predicted molar refractivity (Wildman–Crippen MR) is 64.4 cm³/mol. The normalized spacial score (nSPS) is 12.1. The van der Waals surface area contributed by atoms with Crippen LogP contribution in [0.4, 0.5) is 5.69 Å². The number of phenols is 1. The highest BCUT2D eigenvalue weighted by Crippen LogP contribution is 2.20. The zero-order chi connectivity index (χ0) is 11.4. The van der Waals surface area contributed by atoms with E-state index in [1.54, 1.807) is 18.3 Å². The number of hydrogen-bond donors (Lipinski definition) is 2. The summed E-state index contributed by atoms with van der Waals surface area (Å²) >= 11 is 0. The maximum absolute atomic E-state index is 9.34. The first-order valence-corrected chi connectivity index (χ1v) is 5.22. The molecule has 0 aliphatic heterocycles. The van der Waals surface area contributed by atoms with E-state index in [1.807, 2.05) is 37.3 Å². The molecule has 2 N–H and O–H groups in total. The highest BCUT2D eigenvalue weighted by molar-refractivity contribution is 5.48. The van der Waals surface area contributed by atoms with Gasteiger partial charge in [0, 0.05) is 18.0 Å². The van der Waals surface area contributed by atoms with E-state index < -0.39 is 0 Å². The summed E-state index contributed by atoms with van der Waals surface area (Å²) < 4.78 is 0. The third kappa shape index (κ3) is 2.51. The first-order chi connectivity index (χ1) is 7.75. The molecule has 1 aromatic heterocycles. The van der Waals surface area contributed by atoms with Crippen LogP contribution in [0.5, 0.6) is 5.75 Å². The summed E-state index contributed by atoms with van der Waals surface area (Å²) in [6.07, 6.45) is 1.77. The molecule has 1 aromatic carbocycles. The second-order valence-corrected chi connectivity index (χ2v) is 3.67. The molecular weight excluding hydrogens is 200 g/mol. The highest BCUT2D eigenvalue weighted by Gasteiger charge is 2.05. The van der Waals surface area contributed by atoms with E-state index in [0.717, 1.165) is 11.4 Å². The van der Waals surface area contributed by atoms with Crippen molar-refractivity contribution in [2.24, 2.45) is 0 Å². The van der Waals surface area contributed by atoms with Crippen LogP contribution in [0, 0.1) is 0 Å². The van der Waals surface area contributed by atoms with Gasteiger partial charge in [-0.1, -0.05) is 12.1 Å². The lowest BCUT2D eigenvalue weighted by atomic mass is 10.2. The van der Waals surface area contributed by atoms with Crippen LogP contribution in [0.2, 0.25) is 0 Å². The lowest BCUT2D eigenvalue weighted by Crippen LogP contribution is -2.07. The molecular formula is C13H14N2O. The summed E-state index contributed by atoms with van der Waals surface area (Å²) in [5.41, 5.74) is 1.86. The molecule has 0 aliphatic rings. The first-order valence-electron chi connectivity index (χ1n) is 5.22. The van der Waals surface area contributed by atoms with Crippen molar-refractivity contribution in [3.05, 3.63) is 54.4 Å². The molecule has 82 valence electrons. The topological polar surface area (TPSA) is 45.1 Å². The molecule has 0 saturated carbocycles. The largest absolute Gasteiger partial charge is 0.508 e. The average molecular weight is 214 g/mol. The Morgan fingerprint density at radius 1 is 1.19 bits per heavy atom. The Balaban J connectivity index is 2.11. The summed E-state index contributed by atoms with van der Waals surface area (Å²) in [5.74, 6) is 0.262. The number of anilines is 1. The predicted octanol–water partition coefficient (Wildman–Crippen LogP) is 2.96. The number of aromatic hydroxyl groups is 1. The lowest BCUT2D eigenvalue weighted by molar-refractivity contribution is 0.475. The minimum atomic E-state index is 0.114. The molecule has 0 aliphatic carbocycles. The molecule has 0 fully saturated rings. The van der Waals surface area contributed by atoms with Crippen LogP contribution in [-0.2, 0) is 0 Å². The van der Waals surface area contributed by atoms with E-state index in [-0.39, 0.29) is 11.8 Å². The fraction of sp³-hybridized carbons (Fsp3) is 0.154. The van der Waals surface area contributed by atoms with E-state index in [0.29, 0.717) is 0 Å². The Hall–Kier alpha value is -2.03. The molecule has 2 aromatic rings. The second kappa shape index (κ2) is 4.66. The van der Waals surface area contributed by atoms with Crippen LogP contribution in [-0.4, -0.2) is 10.1 Å². The van der Waals surface area contributed by atoms with Gasteiger partial charge < -0.3 is 10.4 Å². The molecule has 16 heavy (non-hydrogen) atoms. The molecule has 0 saturated heterocycles. The van der Waals surface area contributed by atoms with Gasteiger partial charge in [-0.15, -0.1) is 0 Å². The molecule has 3 heteroatoms. The molecule has 0 amide bonds. The van der Waals surface area contributed by atoms with E-state index in [1.165, 1.54) is 0 Å². The van der Waals surface area contributed by atoms with Crippen molar-refractivity contribution in [2.45, 2.75) is 13.0 Å². The van der Waals surface area contributed by atoms with E-state index >= 15 is 0 Å². The van der Waals surface area contributed by atoms with E-state index in [9.17, 15) is 5.11 Å². The third-order valence-electron chi connectivity index (χ3n) is 2.36. The van der Waals surface area contributed by atoms with Crippen molar-refractivity contribution < 1.29 is 5.11 Å². The van der Waals surface area contributed by atoms with Crippen molar-refractivity contribution in [3.8, 4) is 5.75 Å². The van der Waals surface area contributed by atoms with Gasteiger partial charge in [-0.2, -0.15) is 0 Å². The Morgan fingerprint density at radius 2 is 2.06 bits per heavy atom. The van der Waals surface area contributed by atoms with E-state index in [4.69, 9.17) is 0 Å². The van der Waals surface area contributed by atoms with Gasteiger partial charge in [0.1, 0.15) is 5.75 Å². The first kappa shape index (κ1) is 10.5. The zero-order valence-corrected chi connectivity index (χ0v) is 9.09. The number of nitrogens with zero attached hydrogens (tertiary/aromatic N) is 1. The third-order valence-corrected chi connectivity index (χ3v) is 2.36. The van der Waals surface area contributed by atoms with Crippen LogP contribution in [0.3, 0.4) is 0 Å². The lowest BCUT2D eigenvalue weighted by Gasteiger charge is -2.14. The van der Waals surface area contributed by atoms with Crippen molar-refractivity contribution >= 4 is 5.69 Å². The zero-order valence-electron chi connectivity index (χ0n) is 9.09. The van der Waals surface area contributed by atoms with Crippen LogP contribution in [0.1, 0.15) is 18.7 Å². The van der Waals surface area contributed by atoms with Crippen LogP contribution >= 0.6 is 0 Å². The molecule has 0 radical (unpaired) electrons. The van der Waals surface area contributed by atoms with Crippen LogP contribution < -0.4 is 5.32 Å². The van der Waals surface area contributed by atoms with Gasteiger partial charge in [0.05, 0.1) is 11.7 Å². The van der Waals surface area contributed by atoms with Crippen molar-refractivity contribution in [1.82, 2.24) is 4.98 Å². The van der Waals surface area contributed by atoms with Gasteiger partial charge in [0.25, 0.3) is 0 Å². The molecule has 3 nitrogen and oxygen atoms in total. The Labute approximate surface area is 94.8 Å². The number of rotatable bonds is 3. The number of benzene rings is 1. The SMILES string of the molecule is CC(Nc1cccc(O)c1)c1ccccn1. The fourth-order valence-corrected chi connectivity index (χ4v) is 1.55.